The number of benzene rings is 3. The average Bonchev–Trinajstić information content (AvgIpc) is 3.15. The lowest BCUT2D eigenvalue weighted by Gasteiger charge is -2.22. The van der Waals surface area contributed by atoms with E-state index < -0.39 is 11.0 Å². The fourth-order valence-electron chi connectivity index (χ4n) is 3.70. The van der Waals surface area contributed by atoms with E-state index in [1.165, 1.54) is 23.5 Å². The van der Waals surface area contributed by atoms with Crippen LogP contribution in [0.5, 0.6) is 0 Å². The molecule has 156 valence electrons. The minimum absolute atomic E-state index is 0.0262. The molecule has 3 aromatic carbocycles. The second kappa shape index (κ2) is 8.16. The molecule has 1 atom stereocenters. The Morgan fingerprint density at radius 2 is 1.66 bits per heavy atom. The number of nitro groups is 1. The summed E-state index contributed by atoms with van der Waals surface area (Å²) in [6.45, 7) is 0. The first-order chi connectivity index (χ1) is 15.6. The third-order valence-corrected chi connectivity index (χ3v) is 6.13. The summed E-state index contributed by atoms with van der Waals surface area (Å²) < 4.78 is 2.09. The van der Waals surface area contributed by atoms with Gasteiger partial charge in [-0.2, -0.15) is 0 Å². The third kappa shape index (κ3) is 3.57. The summed E-state index contributed by atoms with van der Waals surface area (Å²) in [5.41, 5.74) is 2.84. The quantitative estimate of drug-likeness (QED) is 0.360. The number of nitro benzene ring substituents is 1. The molecule has 0 bridgehead atoms. The summed E-state index contributed by atoms with van der Waals surface area (Å²) in [6.07, 6.45) is 1.66. The zero-order valence-corrected chi connectivity index (χ0v) is 17.5. The van der Waals surface area contributed by atoms with Crippen LogP contribution in [0, 0.1) is 10.1 Å². The summed E-state index contributed by atoms with van der Waals surface area (Å²) in [4.78, 5) is 24.6. The third-order valence-electron chi connectivity index (χ3n) is 5.16. The zero-order chi connectivity index (χ0) is 22.1. The van der Waals surface area contributed by atoms with Crippen LogP contribution in [-0.4, -0.2) is 15.2 Å². The van der Waals surface area contributed by atoms with Gasteiger partial charge in [-0.05, 0) is 17.2 Å². The van der Waals surface area contributed by atoms with Gasteiger partial charge in [0.2, 0.25) is 4.80 Å². The molecule has 0 fully saturated rings. The number of hydrogen-bond acceptors (Lipinski definition) is 6. The predicted molar refractivity (Wildman–Crippen MR) is 124 cm³/mol. The van der Waals surface area contributed by atoms with E-state index in [0.717, 1.165) is 11.1 Å². The molecule has 0 unspecified atom stereocenters. The number of fused-ring (bicyclic) bond motifs is 1. The maximum atomic E-state index is 13.5. The predicted octanol–water partition coefficient (Wildman–Crippen LogP) is 3.27. The van der Waals surface area contributed by atoms with Crippen molar-refractivity contribution in [3.05, 3.63) is 131 Å². The Bertz CT molecular complexity index is 1520. The molecule has 5 rings (SSSR count). The van der Waals surface area contributed by atoms with E-state index in [9.17, 15) is 14.9 Å². The van der Waals surface area contributed by atoms with Gasteiger partial charge in [-0.25, -0.2) is 0 Å². The van der Waals surface area contributed by atoms with E-state index in [2.05, 4.69) is 10.2 Å². The van der Waals surface area contributed by atoms with Crippen molar-refractivity contribution in [2.24, 2.45) is 10.2 Å². The van der Waals surface area contributed by atoms with Crippen molar-refractivity contribution in [2.75, 3.05) is 0 Å². The molecule has 0 N–H and O–H groups in total. The Morgan fingerprint density at radius 1 is 0.938 bits per heavy atom. The zero-order valence-electron chi connectivity index (χ0n) is 16.7. The van der Waals surface area contributed by atoms with E-state index >= 15 is 0 Å². The van der Waals surface area contributed by atoms with Gasteiger partial charge in [0.05, 0.1) is 15.2 Å². The van der Waals surface area contributed by atoms with Crippen LogP contribution in [0.15, 0.2) is 99.9 Å². The highest BCUT2D eigenvalue weighted by atomic mass is 32.1. The van der Waals surface area contributed by atoms with E-state index in [-0.39, 0.29) is 11.2 Å². The van der Waals surface area contributed by atoms with Crippen molar-refractivity contribution in [2.45, 2.75) is 6.04 Å². The molecule has 8 heteroatoms. The molecule has 1 aromatic heterocycles. The molecule has 0 amide bonds. The summed E-state index contributed by atoms with van der Waals surface area (Å²) in [5.74, 6) is 0. The summed E-state index contributed by atoms with van der Waals surface area (Å²) in [5, 5.41) is 19.9. The van der Waals surface area contributed by atoms with Crippen LogP contribution in [0.25, 0.3) is 6.08 Å². The number of aromatic nitrogens is 1. The molecule has 0 saturated heterocycles. The van der Waals surface area contributed by atoms with Crippen molar-refractivity contribution >= 4 is 28.8 Å². The first-order valence-electron chi connectivity index (χ1n) is 9.85. The Morgan fingerprint density at radius 3 is 2.38 bits per heavy atom. The second-order valence-corrected chi connectivity index (χ2v) is 8.19. The first kappa shape index (κ1) is 19.8. The van der Waals surface area contributed by atoms with Crippen molar-refractivity contribution in [1.82, 2.24) is 4.57 Å². The highest BCUT2D eigenvalue weighted by molar-refractivity contribution is 7.07. The molecule has 1 aliphatic rings. The smallest absolute Gasteiger partial charge is 0.268 e. The van der Waals surface area contributed by atoms with Gasteiger partial charge in [0.25, 0.3) is 11.2 Å². The van der Waals surface area contributed by atoms with E-state index in [1.807, 2.05) is 60.7 Å². The van der Waals surface area contributed by atoms with E-state index in [4.69, 9.17) is 0 Å². The minimum Gasteiger partial charge on any atom is -0.268 e. The summed E-state index contributed by atoms with van der Waals surface area (Å²) in [7, 11) is 0. The molecule has 2 heterocycles. The lowest BCUT2D eigenvalue weighted by atomic mass is 9.96. The maximum Gasteiger partial charge on any atom is 0.271 e. The summed E-state index contributed by atoms with van der Waals surface area (Å²) in [6, 6.07) is 25.1. The Hall–Kier alpha value is -4.17. The van der Waals surface area contributed by atoms with E-state index in [1.54, 1.807) is 22.8 Å². The standard InChI is InChI=1S/C24H16N4O3S/c29-23-20(15-16-8-7-13-19(14-16)28(30)31)32-24-26-25-21(17-9-3-1-4-10-17)22(27(23)24)18-11-5-2-6-12-18/h1-15,22H/b20-15+/t22-/m1/s1. The molecule has 0 saturated carbocycles. The van der Waals surface area contributed by atoms with Crippen molar-refractivity contribution in [3.8, 4) is 0 Å². The van der Waals surface area contributed by atoms with Crippen LogP contribution in [0.1, 0.15) is 22.7 Å². The largest absolute Gasteiger partial charge is 0.271 e. The molecule has 7 nitrogen and oxygen atoms in total. The molecule has 4 aromatic rings. The fourth-order valence-corrected chi connectivity index (χ4v) is 4.65. The van der Waals surface area contributed by atoms with Gasteiger partial charge in [-0.1, -0.05) is 84.1 Å². The number of nitrogens with zero attached hydrogens (tertiary/aromatic N) is 4. The number of hydrogen-bond donors (Lipinski definition) is 0. The monoisotopic (exact) mass is 440 g/mol. The maximum absolute atomic E-state index is 13.5. The van der Waals surface area contributed by atoms with Gasteiger partial charge in [0.15, 0.2) is 0 Å². The summed E-state index contributed by atoms with van der Waals surface area (Å²) >= 11 is 1.22. The van der Waals surface area contributed by atoms with Crippen molar-refractivity contribution < 1.29 is 4.92 Å². The Balaban J connectivity index is 1.70. The molecule has 0 spiro atoms. The highest BCUT2D eigenvalue weighted by Crippen LogP contribution is 2.24. The van der Waals surface area contributed by atoms with Gasteiger partial charge in [-0.15, -0.1) is 10.2 Å². The SMILES string of the molecule is O=c1/c(=C\c2cccc([N+](=O)[O-])c2)sc2n1[C@H](c1ccccc1)C(c1ccccc1)=NN=2. The lowest BCUT2D eigenvalue weighted by molar-refractivity contribution is -0.384. The van der Waals surface area contributed by atoms with Gasteiger partial charge >= 0.3 is 0 Å². The normalized spacial score (nSPS) is 15.6. The van der Waals surface area contributed by atoms with Crippen LogP contribution in [-0.2, 0) is 0 Å². The molecule has 32 heavy (non-hydrogen) atoms. The Kier molecular flexibility index (Phi) is 5.04. The van der Waals surface area contributed by atoms with Gasteiger partial charge < -0.3 is 0 Å². The number of rotatable bonds is 4. The molecular formula is C24H16N4O3S. The number of non-ortho nitro benzene ring substituents is 1. The van der Waals surface area contributed by atoms with Crippen LogP contribution in [0.3, 0.4) is 0 Å². The molecule has 0 radical (unpaired) electrons. The number of thiazole rings is 1. The first-order valence-corrected chi connectivity index (χ1v) is 10.7. The minimum atomic E-state index is -0.454. The lowest BCUT2D eigenvalue weighted by Crippen LogP contribution is -2.40. The van der Waals surface area contributed by atoms with Gasteiger partial charge in [0.1, 0.15) is 6.04 Å². The van der Waals surface area contributed by atoms with Gasteiger partial charge in [-0.3, -0.25) is 19.5 Å². The second-order valence-electron chi connectivity index (χ2n) is 7.18. The van der Waals surface area contributed by atoms with Gasteiger partial charge in [0, 0.05) is 17.7 Å². The van der Waals surface area contributed by atoms with Crippen LogP contribution >= 0.6 is 11.3 Å². The fraction of sp³-hybridized carbons (Fsp3) is 0.0417. The Labute approximate surface area is 186 Å². The van der Waals surface area contributed by atoms with Crippen LogP contribution in [0.2, 0.25) is 0 Å². The molecule has 1 aliphatic heterocycles. The van der Waals surface area contributed by atoms with E-state index in [0.29, 0.717) is 20.6 Å². The highest BCUT2D eigenvalue weighted by Gasteiger charge is 2.28. The van der Waals surface area contributed by atoms with Crippen LogP contribution < -0.4 is 14.9 Å². The molecule has 0 aliphatic carbocycles. The topological polar surface area (TPSA) is 89.9 Å². The molecular weight excluding hydrogens is 424 g/mol. The average molecular weight is 440 g/mol. The van der Waals surface area contributed by atoms with Crippen molar-refractivity contribution in [1.29, 1.82) is 0 Å². The van der Waals surface area contributed by atoms with Crippen molar-refractivity contribution in [3.63, 3.8) is 0 Å². The van der Waals surface area contributed by atoms with Crippen LogP contribution in [0.4, 0.5) is 5.69 Å².